The largest absolute Gasteiger partial charge is 0.380 e. The molecule has 2 heterocycles. The SMILES string of the molecule is CC1CCC(Nc2ccc3scnc3c2)C(n2cncn2)C1. The summed E-state index contributed by atoms with van der Waals surface area (Å²) in [5, 5.41) is 8.06. The van der Waals surface area contributed by atoms with Crippen LogP contribution in [-0.4, -0.2) is 25.8 Å². The Kier molecular flexibility index (Phi) is 3.54. The number of nitrogens with one attached hydrogen (secondary N) is 1. The van der Waals surface area contributed by atoms with Gasteiger partial charge in [0.2, 0.25) is 0 Å². The molecule has 1 N–H and O–H groups in total. The second kappa shape index (κ2) is 5.68. The second-order valence-corrected chi connectivity index (χ2v) is 7.03. The van der Waals surface area contributed by atoms with E-state index in [0.717, 1.165) is 30.0 Å². The lowest BCUT2D eigenvalue weighted by Crippen LogP contribution is -2.36. The fraction of sp³-hybridized carbons (Fsp3) is 0.438. The van der Waals surface area contributed by atoms with Crippen LogP contribution in [0.4, 0.5) is 5.69 Å². The summed E-state index contributed by atoms with van der Waals surface area (Å²) >= 11 is 1.68. The lowest BCUT2D eigenvalue weighted by Gasteiger charge is -2.35. The minimum Gasteiger partial charge on any atom is -0.380 e. The number of thiazole rings is 1. The Hall–Kier alpha value is -1.95. The standard InChI is InChI=1S/C16H19N5S/c1-11-2-4-13(15(6-11)21-9-17-8-19-21)20-12-3-5-16-14(7-12)18-10-22-16/h3,5,7-11,13,15,20H,2,4,6H2,1H3. The van der Waals surface area contributed by atoms with E-state index in [-0.39, 0.29) is 0 Å². The van der Waals surface area contributed by atoms with Crippen LogP contribution in [0, 0.1) is 5.92 Å². The molecule has 0 amide bonds. The first kappa shape index (κ1) is 13.7. The van der Waals surface area contributed by atoms with Gasteiger partial charge >= 0.3 is 0 Å². The van der Waals surface area contributed by atoms with Crippen LogP contribution in [0.15, 0.2) is 36.4 Å². The first-order valence-corrected chi connectivity index (χ1v) is 8.61. The highest BCUT2D eigenvalue weighted by molar-refractivity contribution is 7.16. The molecular formula is C16H19N5S. The van der Waals surface area contributed by atoms with Crippen molar-refractivity contribution >= 4 is 27.2 Å². The number of aromatic nitrogens is 4. The molecular weight excluding hydrogens is 294 g/mol. The Morgan fingerprint density at radius 2 is 2.27 bits per heavy atom. The average molecular weight is 313 g/mol. The summed E-state index contributed by atoms with van der Waals surface area (Å²) in [6.45, 7) is 2.32. The minimum absolute atomic E-state index is 0.359. The maximum Gasteiger partial charge on any atom is 0.137 e. The molecule has 3 atom stereocenters. The molecule has 114 valence electrons. The van der Waals surface area contributed by atoms with Gasteiger partial charge in [0.1, 0.15) is 12.7 Å². The van der Waals surface area contributed by atoms with E-state index in [2.05, 4.69) is 45.5 Å². The zero-order valence-corrected chi connectivity index (χ0v) is 13.3. The van der Waals surface area contributed by atoms with Crippen LogP contribution in [0.1, 0.15) is 32.2 Å². The smallest absolute Gasteiger partial charge is 0.137 e. The molecule has 5 nitrogen and oxygen atoms in total. The van der Waals surface area contributed by atoms with Crippen LogP contribution in [-0.2, 0) is 0 Å². The van der Waals surface area contributed by atoms with Gasteiger partial charge < -0.3 is 5.32 Å². The highest BCUT2D eigenvalue weighted by atomic mass is 32.1. The number of rotatable bonds is 3. The number of fused-ring (bicyclic) bond motifs is 1. The Morgan fingerprint density at radius 1 is 1.32 bits per heavy atom. The van der Waals surface area contributed by atoms with Crippen LogP contribution in [0.3, 0.4) is 0 Å². The Labute approximate surface area is 133 Å². The number of anilines is 1. The molecule has 0 bridgehead atoms. The third-order valence-corrected chi connectivity index (χ3v) is 5.35. The normalized spacial score (nSPS) is 25.4. The molecule has 3 aromatic rings. The quantitative estimate of drug-likeness (QED) is 0.800. The number of hydrogen-bond acceptors (Lipinski definition) is 5. The number of hydrogen-bond donors (Lipinski definition) is 1. The molecule has 2 aromatic heterocycles. The van der Waals surface area contributed by atoms with Crippen molar-refractivity contribution in [2.45, 2.75) is 38.3 Å². The van der Waals surface area contributed by atoms with Gasteiger partial charge in [0.25, 0.3) is 0 Å². The molecule has 1 fully saturated rings. The van der Waals surface area contributed by atoms with Crippen LogP contribution in [0.25, 0.3) is 10.2 Å². The second-order valence-electron chi connectivity index (χ2n) is 6.15. The van der Waals surface area contributed by atoms with Gasteiger partial charge in [0.15, 0.2) is 0 Å². The highest BCUT2D eigenvalue weighted by Gasteiger charge is 2.30. The molecule has 1 aromatic carbocycles. The van der Waals surface area contributed by atoms with Gasteiger partial charge in [-0.15, -0.1) is 11.3 Å². The number of benzene rings is 1. The zero-order chi connectivity index (χ0) is 14.9. The maximum atomic E-state index is 4.40. The molecule has 4 rings (SSSR count). The molecule has 22 heavy (non-hydrogen) atoms. The number of nitrogens with zero attached hydrogens (tertiary/aromatic N) is 4. The van der Waals surface area contributed by atoms with Gasteiger partial charge in [-0.2, -0.15) is 5.10 Å². The molecule has 1 aliphatic rings. The molecule has 1 saturated carbocycles. The van der Waals surface area contributed by atoms with Crippen molar-refractivity contribution in [2.24, 2.45) is 5.92 Å². The van der Waals surface area contributed by atoms with Crippen molar-refractivity contribution < 1.29 is 0 Å². The van der Waals surface area contributed by atoms with E-state index in [9.17, 15) is 0 Å². The van der Waals surface area contributed by atoms with E-state index < -0.39 is 0 Å². The van der Waals surface area contributed by atoms with E-state index in [1.165, 1.54) is 11.1 Å². The fourth-order valence-corrected chi connectivity index (χ4v) is 4.02. The lowest BCUT2D eigenvalue weighted by atomic mass is 9.83. The predicted octanol–water partition coefficient (Wildman–Crippen LogP) is 3.73. The molecule has 0 aliphatic heterocycles. The summed E-state index contributed by atoms with van der Waals surface area (Å²) < 4.78 is 3.24. The molecule has 0 radical (unpaired) electrons. The van der Waals surface area contributed by atoms with Crippen LogP contribution in [0.2, 0.25) is 0 Å². The van der Waals surface area contributed by atoms with Crippen molar-refractivity contribution in [1.29, 1.82) is 0 Å². The van der Waals surface area contributed by atoms with Gasteiger partial charge in [-0.3, -0.25) is 0 Å². The molecule has 6 heteroatoms. The molecule has 1 aliphatic carbocycles. The first-order chi connectivity index (χ1) is 10.8. The van der Waals surface area contributed by atoms with Gasteiger partial charge in [-0.25, -0.2) is 14.6 Å². The predicted molar refractivity (Wildman–Crippen MR) is 89.1 cm³/mol. The summed E-state index contributed by atoms with van der Waals surface area (Å²) in [6, 6.07) is 7.18. The summed E-state index contributed by atoms with van der Waals surface area (Å²) in [6.07, 6.45) is 7.00. The Bertz CT molecular complexity index is 751. The van der Waals surface area contributed by atoms with Crippen molar-refractivity contribution in [3.05, 3.63) is 36.4 Å². The topological polar surface area (TPSA) is 55.6 Å². The maximum absolute atomic E-state index is 4.40. The van der Waals surface area contributed by atoms with Crippen molar-refractivity contribution in [3.8, 4) is 0 Å². The molecule has 3 unspecified atom stereocenters. The third kappa shape index (κ3) is 2.59. The van der Waals surface area contributed by atoms with Crippen LogP contribution < -0.4 is 5.32 Å². The van der Waals surface area contributed by atoms with Crippen molar-refractivity contribution in [3.63, 3.8) is 0 Å². The summed E-state index contributed by atoms with van der Waals surface area (Å²) in [7, 11) is 0. The summed E-state index contributed by atoms with van der Waals surface area (Å²) in [5.41, 5.74) is 4.11. The minimum atomic E-state index is 0.359. The van der Waals surface area contributed by atoms with E-state index in [1.54, 1.807) is 17.7 Å². The Morgan fingerprint density at radius 3 is 3.14 bits per heavy atom. The van der Waals surface area contributed by atoms with Gasteiger partial charge in [0, 0.05) is 11.7 Å². The van der Waals surface area contributed by atoms with Gasteiger partial charge in [0.05, 0.1) is 21.8 Å². The Balaban J connectivity index is 1.59. The highest BCUT2D eigenvalue weighted by Crippen LogP contribution is 2.34. The van der Waals surface area contributed by atoms with Crippen molar-refractivity contribution in [1.82, 2.24) is 19.7 Å². The van der Waals surface area contributed by atoms with E-state index in [0.29, 0.717) is 12.1 Å². The third-order valence-electron chi connectivity index (χ3n) is 4.54. The van der Waals surface area contributed by atoms with E-state index in [4.69, 9.17) is 0 Å². The lowest BCUT2D eigenvalue weighted by molar-refractivity contribution is 0.244. The zero-order valence-electron chi connectivity index (χ0n) is 12.5. The fourth-order valence-electron chi connectivity index (χ4n) is 3.36. The molecule has 0 saturated heterocycles. The average Bonchev–Trinajstić information content (AvgIpc) is 3.19. The van der Waals surface area contributed by atoms with Gasteiger partial charge in [-0.05, 0) is 43.4 Å². The summed E-state index contributed by atoms with van der Waals surface area (Å²) in [5.74, 6) is 0.730. The monoisotopic (exact) mass is 313 g/mol. The molecule has 0 spiro atoms. The van der Waals surface area contributed by atoms with E-state index in [1.807, 2.05) is 16.5 Å². The van der Waals surface area contributed by atoms with Crippen LogP contribution >= 0.6 is 11.3 Å². The van der Waals surface area contributed by atoms with Gasteiger partial charge in [-0.1, -0.05) is 6.92 Å². The van der Waals surface area contributed by atoms with E-state index >= 15 is 0 Å². The van der Waals surface area contributed by atoms with Crippen LogP contribution in [0.5, 0.6) is 0 Å². The van der Waals surface area contributed by atoms with Crippen molar-refractivity contribution in [2.75, 3.05) is 5.32 Å². The first-order valence-electron chi connectivity index (χ1n) is 7.73. The summed E-state index contributed by atoms with van der Waals surface area (Å²) in [4.78, 5) is 8.52.